The maximum Gasteiger partial charge on any atom is 0.153 e. The maximum atomic E-state index is 4.28. The molecule has 0 saturated carbocycles. The molecular formula is C11H11N5S. The third kappa shape index (κ3) is 1.76. The summed E-state index contributed by atoms with van der Waals surface area (Å²) in [5.74, 6) is 1.60. The van der Waals surface area contributed by atoms with Crippen LogP contribution in [0.4, 0.5) is 11.6 Å². The predicted octanol–water partition coefficient (Wildman–Crippen LogP) is 2.48. The van der Waals surface area contributed by atoms with Crippen molar-refractivity contribution in [3.05, 3.63) is 29.5 Å². The molecule has 0 bridgehead atoms. The van der Waals surface area contributed by atoms with Crippen molar-refractivity contribution >= 4 is 33.2 Å². The van der Waals surface area contributed by atoms with Crippen LogP contribution in [0.25, 0.3) is 10.2 Å². The Kier molecular flexibility index (Phi) is 2.29. The summed E-state index contributed by atoms with van der Waals surface area (Å²) in [6.45, 7) is 2.05. The van der Waals surface area contributed by atoms with Gasteiger partial charge in [-0.05, 0) is 17.9 Å². The zero-order valence-electron chi connectivity index (χ0n) is 9.51. The summed E-state index contributed by atoms with van der Waals surface area (Å²) in [5.41, 5.74) is 2.18. The van der Waals surface area contributed by atoms with Crippen LogP contribution in [-0.4, -0.2) is 19.7 Å². The van der Waals surface area contributed by atoms with E-state index in [1.165, 1.54) is 5.56 Å². The zero-order chi connectivity index (χ0) is 11.8. The Hall–Kier alpha value is -1.95. The van der Waals surface area contributed by atoms with Crippen LogP contribution in [0.1, 0.15) is 5.56 Å². The number of rotatable bonds is 2. The Labute approximate surface area is 102 Å². The van der Waals surface area contributed by atoms with Crippen LogP contribution in [0.3, 0.4) is 0 Å². The molecule has 5 nitrogen and oxygen atoms in total. The Bertz CT molecular complexity index is 669. The first-order chi connectivity index (χ1) is 8.24. The van der Waals surface area contributed by atoms with E-state index in [-0.39, 0.29) is 0 Å². The lowest BCUT2D eigenvalue weighted by atomic mass is 10.3. The van der Waals surface area contributed by atoms with Gasteiger partial charge in [-0.3, -0.25) is 4.68 Å². The Morgan fingerprint density at radius 2 is 2.24 bits per heavy atom. The van der Waals surface area contributed by atoms with Gasteiger partial charge >= 0.3 is 0 Å². The van der Waals surface area contributed by atoms with E-state index >= 15 is 0 Å². The lowest BCUT2D eigenvalue weighted by molar-refractivity contribution is 0.771. The van der Waals surface area contributed by atoms with Crippen molar-refractivity contribution in [2.75, 3.05) is 5.32 Å². The molecule has 0 amide bonds. The summed E-state index contributed by atoms with van der Waals surface area (Å²) >= 11 is 1.64. The molecule has 0 atom stereocenters. The van der Waals surface area contributed by atoms with Crippen LogP contribution in [0.5, 0.6) is 0 Å². The first-order valence-electron chi connectivity index (χ1n) is 5.19. The zero-order valence-corrected chi connectivity index (χ0v) is 10.3. The molecule has 0 fully saturated rings. The van der Waals surface area contributed by atoms with E-state index in [4.69, 9.17) is 0 Å². The molecule has 0 aliphatic carbocycles. The molecule has 3 aromatic rings. The first-order valence-corrected chi connectivity index (χ1v) is 6.07. The van der Waals surface area contributed by atoms with Gasteiger partial charge in [0.05, 0.1) is 10.2 Å². The summed E-state index contributed by atoms with van der Waals surface area (Å²) in [6.07, 6.45) is 3.47. The SMILES string of the molecule is Cc1csc2c(Nc3ccn(C)n3)ncnc12. The molecule has 3 rings (SSSR count). The molecule has 0 aromatic carbocycles. The number of thiophene rings is 1. The Balaban J connectivity index is 2.05. The summed E-state index contributed by atoms with van der Waals surface area (Å²) in [5, 5.41) is 9.56. The average molecular weight is 245 g/mol. The molecule has 1 N–H and O–H groups in total. The van der Waals surface area contributed by atoms with Crippen LogP contribution in [-0.2, 0) is 7.05 Å². The molecule has 0 saturated heterocycles. The molecule has 17 heavy (non-hydrogen) atoms. The van der Waals surface area contributed by atoms with Gasteiger partial charge in [0.15, 0.2) is 11.6 Å². The normalized spacial score (nSPS) is 10.9. The Morgan fingerprint density at radius 3 is 3.00 bits per heavy atom. The van der Waals surface area contributed by atoms with Crippen molar-refractivity contribution in [3.8, 4) is 0 Å². The third-order valence-electron chi connectivity index (χ3n) is 2.49. The molecule has 0 unspecified atom stereocenters. The summed E-state index contributed by atoms with van der Waals surface area (Å²) < 4.78 is 2.82. The highest BCUT2D eigenvalue weighted by molar-refractivity contribution is 7.18. The predicted molar refractivity (Wildman–Crippen MR) is 68.6 cm³/mol. The monoisotopic (exact) mass is 245 g/mol. The number of nitrogens with zero attached hydrogens (tertiary/aromatic N) is 4. The van der Waals surface area contributed by atoms with Gasteiger partial charge in [-0.15, -0.1) is 11.3 Å². The van der Waals surface area contributed by atoms with E-state index in [9.17, 15) is 0 Å². The van der Waals surface area contributed by atoms with Crippen molar-refractivity contribution in [1.82, 2.24) is 19.7 Å². The molecule has 6 heteroatoms. The van der Waals surface area contributed by atoms with E-state index in [2.05, 4.69) is 32.7 Å². The van der Waals surface area contributed by atoms with Gasteiger partial charge in [0.2, 0.25) is 0 Å². The number of hydrogen-bond acceptors (Lipinski definition) is 5. The molecule has 0 aliphatic heterocycles. The van der Waals surface area contributed by atoms with Gasteiger partial charge in [-0.25, -0.2) is 9.97 Å². The largest absolute Gasteiger partial charge is 0.322 e. The quantitative estimate of drug-likeness (QED) is 0.753. The van der Waals surface area contributed by atoms with Crippen molar-refractivity contribution in [2.45, 2.75) is 6.92 Å². The third-order valence-corrected chi connectivity index (χ3v) is 3.58. The smallest absolute Gasteiger partial charge is 0.153 e. The fourth-order valence-corrected chi connectivity index (χ4v) is 2.61. The minimum Gasteiger partial charge on any atom is -0.322 e. The van der Waals surface area contributed by atoms with E-state index < -0.39 is 0 Å². The molecule has 3 aromatic heterocycles. The van der Waals surface area contributed by atoms with Gasteiger partial charge in [-0.1, -0.05) is 0 Å². The molecular weight excluding hydrogens is 234 g/mol. The van der Waals surface area contributed by atoms with Crippen molar-refractivity contribution < 1.29 is 0 Å². The average Bonchev–Trinajstić information content (AvgIpc) is 2.88. The van der Waals surface area contributed by atoms with Gasteiger partial charge in [0.1, 0.15) is 6.33 Å². The highest BCUT2D eigenvalue weighted by atomic mass is 32.1. The van der Waals surface area contributed by atoms with Crippen molar-refractivity contribution in [2.24, 2.45) is 7.05 Å². The molecule has 0 aliphatic rings. The van der Waals surface area contributed by atoms with E-state index in [0.29, 0.717) is 0 Å². The fraction of sp³-hybridized carbons (Fsp3) is 0.182. The minimum atomic E-state index is 0.790. The molecule has 0 radical (unpaired) electrons. The highest BCUT2D eigenvalue weighted by Gasteiger charge is 2.08. The maximum absolute atomic E-state index is 4.28. The number of hydrogen-bond donors (Lipinski definition) is 1. The standard InChI is InChI=1S/C11H11N5S/c1-7-5-17-10-9(7)12-6-13-11(10)14-8-3-4-16(2)15-8/h3-6H,1-2H3,(H,12,13,14,15). The summed E-state index contributed by atoms with van der Waals surface area (Å²) in [6, 6.07) is 1.91. The van der Waals surface area contributed by atoms with Gasteiger partial charge in [-0.2, -0.15) is 5.10 Å². The second-order valence-corrected chi connectivity index (χ2v) is 4.70. The summed E-state index contributed by atoms with van der Waals surface area (Å²) in [4.78, 5) is 8.55. The van der Waals surface area contributed by atoms with Crippen molar-refractivity contribution in [1.29, 1.82) is 0 Å². The van der Waals surface area contributed by atoms with E-state index in [1.54, 1.807) is 22.3 Å². The first kappa shape index (κ1) is 10.2. The van der Waals surface area contributed by atoms with Gasteiger partial charge in [0, 0.05) is 19.3 Å². The van der Waals surface area contributed by atoms with Crippen LogP contribution in [0, 0.1) is 6.92 Å². The molecule has 86 valence electrons. The lowest BCUT2D eigenvalue weighted by Crippen LogP contribution is -1.96. The second-order valence-electron chi connectivity index (χ2n) is 3.82. The molecule has 3 heterocycles. The van der Waals surface area contributed by atoms with E-state index in [1.807, 2.05) is 19.3 Å². The highest BCUT2D eigenvalue weighted by Crippen LogP contribution is 2.29. The number of fused-ring (bicyclic) bond motifs is 1. The van der Waals surface area contributed by atoms with Gasteiger partial charge < -0.3 is 5.32 Å². The second kappa shape index (κ2) is 3.81. The number of nitrogens with one attached hydrogen (secondary N) is 1. The Morgan fingerprint density at radius 1 is 1.35 bits per heavy atom. The van der Waals surface area contributed by atoms with Crippen LogP contribution in [0.15, 0.2) is 24.0 Å². The van der Waals surface area contributed by atoms with Gasteiger partial charge in [0.25, 0.3) is 0 Å². The van der Waals surface area contributed by atoms with Crippen LogP contribution in [0.2, 0.25) is 0 Å². The fourth-order valence-electron chi connectivity index (χ4n) is 1.66. The molecule has 0 spiro atoms. The lowest BCUT2D eigenvalue weighted by Gasteiger charge is -2.02. The van der Waals surface area contributed by atoms with Crippen LogP contribution < -0.4 is 5.32 Å². The number of anilines is 2. The number of aryl methyl sites for hydroxylation is 2. The van der Waals surface area contributed by atoms with E-state index in [0.717, 1.165) is 21.9 Å². The van der Waals surface area contributed by atoms with Crippen molar-refractivity contribution in [3.63, 3.8) is 0 Å². The minimum absolute atomic E-state index is 0.790. The van der Waals surface area contributed by atoms with Crippen LogP contribution >= 0.6 is 11.3 Å². The summed E-state index contributed by atoms with van der Waals surface area (Å²) in [7, 11) is 1.88. The topological polar surface area (TPSA) is 55.6 Å². The number of aromatic nitrogens is 4.